The molecule has 114 valence electrons. The molecule has 0 spiro atoms. The lowest BCUT2D eigenvalue weighted by atomic mass is 10.1. The third-order valence-electron chi connectivity index (χ3n) is 4.46. The third-order valence-corrected chi connectivity index (χ3v) is 4.46. The number of ether oxygens (including phenoxy) is 1. The lowest BCUT2D eigenvalue weighted by molar-refractivity contribution is -0.117. The number of amides is 1. The minimum atomic E-state index is 0.0222. The molecule has 21 heavy (non-hydrogen) atoms. The van der Waals surface area contributed by atoms with Crippen molar-refractivity contribution < 1.29 is 9.53 Å². The van der Waals surface area contributed by atoms with E-state index in [4.69, 9.17) is 10.5 Å². The van der Waals surface area contributed by atoms with Crippen LogP contribution in [0.4, 0.5) is 11.4 Å². The zero-order valence-electron chi connectivity index (χ0n) is 12.3. The number of nitrogen functional groups attached to an aromatic ring is 1. The molecule has 1 heterocycles. The van der Waals surface area contributed by atoms with E-state index in [0.717, 1.165) is 26.1 Å². The molecule has 1 aromatic rings. The average molecular weight is 289 g/mol. The van der Waals surface area contributed by atoms with Crippen LogP contribution < -0.4 is 11.1 Å². The van der Waals surface area contributed by atoms with Crippen molar-refractivity contribution in [1.82, 2.24) is 4.90 Å². The molecule has 0 radical (unpaired) electrons. The number of nitrogens with two attached hydrogens (primary N) is 1. The van der Waals surface area contributed by atoms with Crippen LogP contribution in [0.1, 0.15) is 25.7 Å². The quantitative estimate of drug-likeness (QED) is 0.830. The van der Waals surface area contributed by atoms with Gasteiger partial charge in [0, 0.05) is 25.6 Å². The van der Waals surface area contributed by atoms with Gasteiger partial charge in [-0.1, -0.05) is 12.1 Å². The first-order valence-electron chi connectivity index (χ1n) is 7.74. The summed E-state index contributed by atoms with van der Waals surface area (Å²) in [5.41, 5.74) is 7.14. The molecule has 1 saturated heterocycles. The maximum Gasteiger partial charge on any atom is 0.225 e. The summed E-state index contributed by atoms with van der Waals surface area (Å²) in [6.45, 7) is 2.51. The normalized spacial score (nSPS) is 25.5. The number of morpholine rings is 1. The predicted molar refractivity (Wildman–Crippen MR) is 83.1 cm³/mol. The van der Waals surface area contributed by atoms with Crippen LogP contribution in [0.15, 0.2) is 24.3 Å². The summed E-state index contributed by atoms with van der Waals surface area (Å²) in [5, 5.41) is 2.89. The van der Waals surface area contributed by atoms with E-state index < -0.39 is 0 Å². The molecule has 2 fully saturated rings. The number of nitrogens with one attached hydrogen (secondary N) is 1. The molecule has 2 unspecified atom stereocenters. The van der Waals surface area contributed by atoms with Crippen molar-refractivity contribution in [3.63, 3.8) is 0 Å². The highest BCUT2D eigenvalue weighted by Crippen LogP contribution is 2.29. The Hall–Kier alpha value is -1.59. The van der Waals surface area contributed by atoms with Crippen LogP contribution in [0.5, 0.6) is 0 Å². The molecule has 0 bridgehead atoms. The molecular formula is C16H23N3O2. The maximum atomic E-state index is 12.1. The summed E-state index contributed by atoms with van der Waals surface area (Å²) in [4.78, 5) is 14.5. The van der Waals surface area contributed by atoms with Gasteiger partial charge < -0.3 is 15.8 Å². The van der Waals surface area contributed by atoms with Crippen LogP contribution in [0.25, 0.3) is 0 Å². The molecule has 0 aromatic heterocycles. The van der Waals surface area contributed by atoms with E-state index >= 15 is 0 Å². The molecule has 1 aromatic carbocycles. The summed E-state index contributed by atoms with van der Waals surface area (Å²) in [6.07, 6.45) is 4.47. The van der Waals surface area contributed by atoms with Crippen molar-refractivity contribution >= 4 is 17.3 Å². The molecule has 3 N–H and O–H groups in total. The number of para-hydroxylation sites is 2. The van der Waals surface area contributed by atoms with E-state index in [9.17, 15) is 4.79 Å². The fourth-order valence-electron chi connectivity index (χ4n) is 3.35. The molecule has 1 amide bonds. The first-order valence-corrected chi connectivity index (χ1v) is 7.74. The molecule has 1 aliphatic heterocycles. The highest BCUT2D eigenvalue weighted by molar-refractivity contribution is 5.93. The van der Waals surface area contributed by atoms with E-state index in [1.807, 2.05) is 18.2 Å². The zero-order valence-corrected chi connectivity index (χ0v) is 12.3. The number of anilines is 2. The molecule has 1 aliphatic carbocycles. The first kappa shape index (κ1) is 14.4. The molecular weight excluding hydrogens is 266 g/mol. The minimum absolute atomic E-state index is 0.0222. The third kappa shape index (κ3) is 3.36. The van der Waals surface area contributed by atoms with Crippen molar-refractivity contribution in [3.8, 4) is 0 Å². The van der Waals surface area contributed by atoms with Crippen LogP contribution in [-0.2, 0) is 9.53 Å². The number of hydrogen-bond acceptors (Lipinski definition) is 4. The number of carbonyl (C=O) groups excluding carboxylic acids is 1. The average Bonchev–Trinajstić information content (AvgIpc) is 2.96. The lowest BCUT2D eigenvalue weighted by Crippen LogP contribution is -2.49. The zero-order chi connectivity index (χ0) is 14.7. The van der Waals surface area contributed by atoms with Crippen LogP contribution >= 0.6 is 0 Å². The largest absolute Gasteiger partial charge is 0.397 e. The number of carbonyl (C=O) groups is 1. The van der Waals surface area contributed by atoms with E-state index in [1.165, 1.54) is 12.8 Å². The smallest absolute Gasteiger partial charge is 0.225 e. The SMILES string of the molecule is Nc1ccccc1NC(=O)CCN1CCOC2CCCC21. The van der Waals surface area contributed by atoms with Crippen molar-refractivity contribution in [2.24, 2.45) is 0 Å². The molecule has 5 nitrogen and oxygen atoms in total. The van der Waals surface area contributed by atoms with Gasteiger partial charge in [0.25, 0.3) is 0 Å². The molecule has 2 atom stereocenters. The second kappa shape index (κ2) is 6.45. The Kier molecular flexibility index (Phi) is 4.41. The van der Waals surface area contributed by atoms with Crippen molar-refractivity contribution in [2.75, 3.05) is 30.7 Å². The minimum Gasteiger partial charge on any atom is -0.397 e. The molecule has 5 heteroatoms. The Bertz CT molecular complexity index is 506. The van der Waals surface area contributed by atoms with E-state index in [-0.39, 0.29) is 5.91 Å². The van der Waals surface area contributed by atoms with E-state index in [1.54, 1.807) is 6.07 Å². The van der Waals surface area contributed by atoms with Crippen molar-refractivity contribution in [3.05, 3.63) is 24.3 Å². The summed E-state index contributed by atoms with van der Waals surface area (Å²) < 4.78 is 5.79. The van der Waals surface area contributed by atoms with Gasteiger partial charge in [-0.2, -0.15) is 0 Å². The summed E-state index contributed by atoms with van der Waals surface area (Å²) in [5.74, 6) is 0.0222. The maximum absolute atomic E-state index is 12.1. The van der Waals surface area contributed by atoms with Gasteiger partial charge in [-0.3, -0.25) is 9.69 Å². The Morgan fingerprint density at radius 2 is 2.24 bits per heavy atom. The fourth-order valence-corrected chi connectivity index (χ4v) is 3.35. The highest BCUT2D eigenvalue weighted by Gasteiger charge is 2.35. The summed E-state index contributed by atoms with van der Waals surface area (Å²) in [6, 6.07) is 7.86. The standard InChI is InChI=1S/C16H23N3O2/c17-12-4-1-2-5-13(12)18-16(20)8-9-19-10-11-21-15-7-3-6-14(15)19/h1-2,4-5,14-15H,3,6-11,17H2,(H,18,20). The van der Waals surface area contributed by atoms with Gasteiger partial charge in [0.2, 0.25) is 5.91 Å². The van der Waals surface area contributed by atoms with Gasteiger partial charge in [-0.05, 0) is 31.4 Å². The number of nitrogens with zero attached hydrogens (tertiary/aromatic N) is 1. The number of benzene rings is 1. The molecule has 2 aliphatic rings. The summed E-state index contributed by atoms with van der Waals surface area (Å²) >= 11 is 0. The Labute approximate surface area is 125 Å². The van der Waals surface area contributed by atoms with E-state index in [0.29, 0.717) is 29.9 Å². The number of fused-ring (bicyclic) bond motifs is 1. The summed E-state index contributed by atoms with van der Waals surface area (Å²) in [7, 11) is 0. The van der Waals surface area contributed by atoms with Crippen molar-refractivity contribution in [1.29, 1.82) is 0 Å². The predicted octanol–water partition coefficient (Wildman–Crippen LogP) is 1.85. The molecule has 1 saturated carbocycles. The van der Waals surface area contributed by atoms with Gasteiger partial charge >= 0.3 is 0 Å². The second-order valence-electron chi connectivity index (χ2n) is 5.83. The first-order chi connectivity index (χ1) is 10.2. The highest BCUT2D eigenvalue weighted by atomic mass is 16.5. The Balaban J connectivity index is 1.50. The fraction of sp³-hybridized carbons (Fsp3) is 0.562. The van der Waals surface area contributed by atoms with Gasteiger partial charge in [-0.15, -0.1) is 0 Å². The van der Waals surface area contributed by atoms with Gasteiger partial charge in [0.05, 0.1) is 24.1 Å². The Morgan fingerprint density at radius 1 is 1.38 bits per heavy atom. The van der Waals surface area contributed by atoms with Crippen LogP contribution in [0.2, 0.25) is 0 Å². The number of rotatable bonds is 4. The van der Waals surface area contributed by atoms with Gasteiger partial charge in [-0.25, -0.2) is 0 Å². The molecule has 3 rings (SSSR count). The van der Waals surface area contributed by atoms with Gasteiger partial charge in [0.1, 0.15) is 0 Å². The topological polar surface area (TPSA) is 67.6 Å². The van der Waals surface area contributed by atoms with E-state index in [2.05, 4.69) is 10.2 Å². The van der Waals surface area contributed by atoms with Crippen LogP contribution in [0.3, 0.4) is 0 Å². The van der Waals surface area contributed by atoms with Crippen LogP contribution in [0, 0.1) is 0 Å². The monoisotopic (exact) mass is 289 g/mol. The second-order valence-corrected chi connectivity index (χ2v) is 5.83. The number of hydrogen-bond donors (Lipinski definition) is 2. The lowest BCUT2D eigenvalue weighted by Gasteiger charge is -2.37. The van der Waals surface area contributed by atoms with Gasteiger partial charge in [0.15, 0.2) is 0 Å². The van der Waals surface area contributed by atoms with Crippen molar-refractivity contribution in [2.45, 2.75) is 37.8 Å². The van der Waals surface area contributed by atoms with Crippen LogP contribution in [-0.4, -0.2) is 42.6 Å². The Morgan fingerprint density at radius 3 is 3.10 bits per heavy atom.